The first-order valence-corrected chi connectivity index (χ1v) is 9.07. The molecule has 0 atom stereocenters. The molecule has 6 heteroatoms. The molecule has 142 valence electrons. The minimum absolute atomic E-state index is 0.0239. The summed E-state index contributed by atoms with van der Waals surface area (Å²) in [4.78, 5) is 16.2. The Labute approximate surface area is 156 Å². The fourth-order valence-corrected chi connectivity index (χ4v) is 4.02. The van der Waals surface area contributed by atoms with E-state index in [-0.39, 0.29) is 29.6 Å². The van der Waals surface area contributed by atoms with E-state index in [1.165, 1.54) is 22.1 Å². The van der Waals surface area contributed by atoms with Gasteiger partial charge in [-0.2, -0.15) is 13.2 Å². The van der Waals surface area contributed by atoms with Crippen LogP contribution in [0.1, 0.15) is 52.0 Å². The first-order valence-electron chi connectivity index (χ1n) is 9.07. The van der Waals surface area contributed by atoms with Gasteiger partial charge in [0.15, 0.2) is 0 Å². The van der Waals surface area contributed by atoms with Crippen molar-refractivity contribution >= 4 is 5.91 Å². The highest BCUT2D eigenvalue weighted by molar-refractivity contribution is 5.99. The fourth-order valence-electron chi connectivity index (χ4n) is 4.02. The molecule has 2 aliphatic rings. The monoisotopic (exact) mass is 374 g/mol. The van der Waals surface area contributed by atoms with Gasteiger partial charge in [0.2, 0.25) is 0 Å². The summed E-state index contributed by atoms with van der Waals surface area (Å²) in [5.41, 5.74) is 2.57. The molecule has 0 aliphatic carbocycles. The van der Waals surface area contributed by atoms with Gasteiger partial charge in [-0.05, 0) is 48.2 Å². The number of carbonyl (C=O) groups excluding carboxylic acids is 1. The van der Waals surface area contributed by atoms with E-state index in [2.05, 4.69) is 4.90 Å². The Balaban J connectivity index is 1.67. The standard InChI is InChI=1S/C21H21F3N2O/c1-13(2)26-12-18-17(20(26)27)7-14(8-19(18)21(22,23)24)9-25-10-15-5-3-4-6-16(15)11-25/h3-8,13H,9-12H2,1-2H3. The molecule has 0 fully saturated rings. The van der Waals surface area contributed by atoms with Crippen molar-refractivity contribution in [2.45, 2.75) is 52.2 Å². The van der Waals surface area contributed by atoms with E-state index in [1.54, 1.807) is 6.07 Å². The lowest BCUT2D eigenvalue weighted by atomic mass is 9.98. The quantitative estimate of drug-likeness (QED) is 0.785. The third-order valence-corrected chi connectivity index (χ3v) is 5.37. The third-order valence-electron chi connectivity index (χ3n) is 5.37. The second-order valence-electron chi connectivity index (χ2n) is 7.61. The van der Waals surface area contributed by atoms with Gasteiger partial charge in [0.25, 0.3) is 5.91 Å². The van der Waals surface area contributed by atoms with Gasteiger partial charge in [0.1, 0.15) is 0 Å². The van der Waals surface area contributed by atoms with E-state index in [0.29, 0.717) is 25.2 Å². The van der Waals surface area contributed by atoms with E-state index < -0.39 is 11.7 Å². The highest BCUT2D eigenvalue weighted by Gasteiger charge is 2.40. The number of fused-ring (bicyclic) bond motifs is 2. The van der Waals surface area contributed by atoms with E-state index in [4.69, 9.17) is 0 Å². The number of alkyl halides is 3. The summed E-state index contributed by atoms with van der Waals surface area (Å²) < 4.78 is 41.0. The SMILES string of the molecule is CC(C)N1Cc2c(cc(CN3Cc4ccccc4C3)cc2C(F)(F)F)C1=O. The van der Waals surface area contributed by atoms with Crippen LogP contribution in [0.3, 0.4) is 0 Å². The second kappa shape index (κ2) is 6.37. The maximum atomic E-state index is 13.7. The average molecular weight is 374 g/mol. The van der Waals surface area contributed by atoms with Crippen LogP contribution in [-0.4, -0.2) is 21.7 Å². The molecule has 0 spiro atoms. The number of hydrogen-bond acceptors (Lipinski definition) is 2. The summed E-state index contributed by atoms with van der Waals surface area (Å²) >= 11 is 0. The molecule has 0 saturated carbocycles. The number of amides is 1. The maximum absolute atomic E-state index is 13.7. The zero-order chi connectivity index (χ0) is 19.3. The maximum Gasteiger partial charge on any atom is 0.416 e. The molecule has 0 radical (unpaired) electrons. The largest absolute Gasteiger partial charge is 0.416 e. The predicted octanol–water partition coefficient (Wildman–Crippen LogP) is 4.59. The van der Waals surface area contributed by atoms with Crippen molar-refractivity contribution in [3.05, 3.63) is 69.8 Å². The minimum Gasteiger partial charge on any atom is -0.332 e. The first-order chi connectivity index (χ1) is 12.7. The number of nitrogens with zero attached hydrogens (tertiary/aromatic N) is 2. The Kier molecular flexibility index (Phi) is 4.26. The molecule has 2 aromatic rings. The molecule has 0 aromatic heterocycles. The van der Waals surface area contributed by atoms with Gasteiger partial charge in [-0.25, -0.2) is 0 Å². The number of benzene rings is 2. The summed E-state index contributed by atoms with van der Waals surface area (Å²) in [6.07, 6.45) is -4.47. The van der Waals surface area contributed by atoms with Gasteiger partial charge in [-0.1, -0.05) is 24.3 Å². The molecule has 1 amide bonds. The minimum atomic E-state index is -4.47. The lowest BCUT2D eigenvalue weighted by Crippen LogP contribution is -2.30. The van der Waals surface area contributed by atoms with Crippen molar-refractivity contribution in [1.29, 1.82) is 0 Å². The zero-order valence-electron chi connectivity index (χ0n) is 15.3. The molecule has 2 heterocycles. The average Bonchev–Trinajstić information content (AvgIpc) is 3.14. The van der Waals surface area contributed by atoms with Crippen molar-refractivity contribution in [3.8, 4) is 0 Å². The fraction of sp³-hybridized carbons (Fsp3) is 0.381. The number of rotatable bonds is 3. The number of hydrogen-bond donors (Lipinski definition) is 0. The van der Waals surface area contributed by atoms with Crippen molar-refractivity contribution in [2.75, 3.05) is 0 Å². The number of halogens is 3. The predicted molar refractivity (Wildman–Crippen MR) is 95.8 cm³/mol. The third kappa shape index (κ3) is 3.23. The van der Waals surface area contributed by atoms with E-state index in [0.717, 1.165) is 0 Å². The highest BCUT2D eigenvalue weighted by atomic mass is 19.4. The van der Waals surface area contributed by atoms with Gasteiger partial charge in [0.05, 0.1) is 5.56 Å². The summed E-state index contributed by atoms with van der Waals surface area (Å²) in [7, 11) is 0. The van der Waals surface area contributed by atoms with E-state index in [1.807, 2.05) is 38.1 Å². The molecule has 27 heavy (non-hydrogen) atoms. The van der Waals surface area contributed by atoms with Gasteiger partial charge in [-0.3, -0.25) is 9.69 Å². The van der Waals surface area contributed by atoms with Crippen LogP contribution >= 0.6 is 0 Å². The smallest absolute Gasteiger partial charge is 0.332 e. The summed E-state index contributed by atoms with van der Waals surface area (Å²) in [5.74, 6) is -0.308. The Morgan fingerprint density at radius 2 is 1.67 bits per heavy atom. The molecule has 0 unspecified atom stereocenters. The van der Waals surface area contributed by atoms with Crippen LogP contribution in [0.2, 0.25) is 0 Å². The van der Waals surface area contributed by atoms with E-state index >= 15 is 0 Å². The molecular weight excluding hydrogens is 353 g/mol. The Hall–Kier alpha value is -2.34. The molecule has 2 aromatic carbocycles. The molecule has 0 bridgehead atoms. The number of carbonyl (C=O) groups is 1. The molecule has 0 saturated heterocycles. The van der Waals surface area contributed by atoms with Crippen molar-refractivity contribution < 1.29 is 18.0 Å². The van der Waals surface area contributed by atoms with Gasteiger partial charge >= 0.3 is 6.18 Å². The lowest BCUT2D eigenvalue weighted by Gasteiger charge is -2.20. The summed E-state index contributed by atoms with van der Waals surface area (Å²) in [5, 5.41) is 0. The van der Waals surface area contributed by atoms with Crippen LogP contribution in [-0.2, 0) is 32.4 Å². The van der Waals surface area contributed by atoms with Crippen LogP contribution in [0.25, 0.3) is 0 Å². The first kappa shape index (κ1) is 18.0. The van der Waals surface area contributed by atoms with Crippen LogP contribution in [0.4, 0.5) is 13.2 Å². The Morgan fingerprint density at radius 1 is 1.04 bits per heavy atom. The van der Waals surface area contributed by atoms with Crippen molar-refractivity contribution in [2.24, 2.45) is 0 Å². The summed E-state index contributed by atoms with van der Waals surface area (Å²) in [6.45, 7) is 5.47. The normalized spacial score (nSPS) is 17.0. The molecule has 2 aliphatic heterocycles. The molecular formula is C21H21F3N2O. The van der Waals surface area contributed by atoms with Gasteiger partial charge in [-0.15, -0.1) is 0 Å². The van der Waals surface area contributed by atoms with Crippen molar-refractivity contribution in [1.82, 2.24) is 9.80 Å². The van der Waals surface area contributed by atoms with Crippen molar-refractivity contribution in [3.63, 3.8) is 0 Å². The van der Waals surface area contributed by atoms with Crippen LogP contribution in [0, 0.1) is 0 Å². The van der Waals surface area contributed by atoms with Crippen LogP contribution in [0.5, 0.6) is 0 Å². The topological polar surface area (TPSA) is 23.6 Å². The van der Waals surface area contributed by atoms with Crippen LogP contribution < -0.4 is 0 Å². The van der Waals surface area contributed by atoms with Gasteiger partial charge in [0, 0.05) is 37.8 Å². The highest BCUT2D eigenvalue weighted by Crippen LogP contribution is 2.39. The summed E-state index contributed by atoms with van der Waals surface area (Å²) in [6, 6.07) is 10.8. The molecule has 3 nitrogen and oxygen atoms in total. The molecule has 4 rings (SSSR count). The Morgan fingerprint density at radius 3 is 2.22 bits per heavy atom. The molecule has 0 N–H and O–H groups in total. The lowest BCUT2D eigenvalue weighted by molar-refractivity contribution is -0.138. The Bertz CT molecular complexity index is 880. The van der Waals surface area contributed by atoms with E-state index in [9.17, 15) is 18.0 Å². The van der Waals surface area contributed by atoms with Gasteiger partial charge < -0.3 is 4.90 Å². The zero-order valence-corrected chi connectivity index (χ0v) is 15.3. The van der Waals surface area contributed by atoms with Crippen LogP contribution in [0.15, 0.2) is 36.4 Å². The second-order valence-corrected chi connectivity index (χ2v) is 7.61.